The fraction of sp³-hybridized carbons (Fsp3) is 0.263. The number of rotatable bonds is 6. The number of aryl methyl sites for hydroxylation is 1. The van der Waals surface area contributed by atoms with Crippen LogP contribution < -0.4 is 10.2 Å². The van der Waals surface area contributed by atoms with Gasteiger partial charge in [0.25, 0.3) is 5.91 Å². The number of amides is 2. The van der Waals surface area contributed by atoms with Crippen molar-refractivity contribution in [2.45, 2.75) is 20.3 Å². The van der Waals surface area contributed by atoms with Gasteiger partial charge in [-0.25, -0.2) is 4.39 Å². The maximum Gasteiger partial charge on any atom is 0.251 e. The van der Waals surface area contributed by atoms with E-state index in [9.17, 15) is 14.0 Å². The fourth-order valence-corrected chi connectivity index (χ4v) is 2.51. The summed E-state index contributed by atoms with van der Waals surface area (Å²) >= 11 is 0. The minimum Gasteiger partial charge on any atom is -0.350 e. The van der Waals surface area contributed by atoms with E-state index in [1.54, 1.807) is 4.90 Å². The Kier molecular flexibility index (Phi) is 6.07. The lowest BCUT2D eigenvalue weighted by Crippen LogP contribution is -2.38. The molecule has 0 saturated heterocycles. The summed E-state index contributed by atoms with van der Waals surface area (Å²) in [5.74, 6) is -0.750. The lowest BCUT2D eigenvalue weighted by atomic mass is 10.1. The Morgan fingerprint density at radius 2 is 1.75 bits per heavy atom. The van der Waals surface area contributed by atoms with E-state index < -0.39 is 0 Å². The minimum absolute atomic E-state index is 0.0769. The van der Waals surface area contributed by atoms with Crippen molar-refractivity contribution in [3.8, 4) is 0 Å². The second-order valence-corrected chi connectivity index (χ2v) is 5.42. The van der Waals surface area contributed by atoms with E-state index in [0.29, 0.717) is 18.7 Å². The smallest absolute Gasteiger partial charge is 0.251 e. The monoisotopic (exact) mass is 328 g/mol. The predicted molar refractivity (Wildman–Crippen MR) is 92.6 cm³/mol. The summed E-state index contributed by atoms with van der Waals surface area (Å²) in [5.41, 5.74) is 2.33. The first kappa shape index (κ1) is 17.7. The standard InChI is InChI=1S/C19H21FN2O2/c1-3-15-6-4-5-7-18(15)22(14(2)23)13-12-21-19(24)16-8-10-17(20)11-9-16/h4-11H,3,12-13H2,1-2H3,(H,21,24). The van der Waals surface area contributed by atoms with Gasteiger partial charge in [0.15, 0.2) is 0 Å². The third kappa shape index (κ3) is 4.41. The van der Waals surface area contributed by atoms with Crippen LogP contribution in [0, 0.1) is 5.82 Å². The number of anilines is 1. The SMILES string of the molecule is CCc1ccccc1N(CCNC(=O)c1ccc(F)cc1)C(C)=O. The molecule has 0 bridgehead atoms. The molecule has 126 valence electrons. The summed E-state index contributed by atoms with van der Waals surface area (Å²) in [5, 5.41) is 2.76. The summed E-state index contributed by atoms with van der Waals surface area (Å²) in [6, 6.07) is 13.1. The molecule has 1 N–H and O–H groups in total. The molecule has 0 aliphatic heterocycles. The van der Waals surface area contributed by atoms with Crippen molar-refractivity contribution in [3.63, 3.8) is 0 Å². The average Bonchev–Trinajstić information content (AvgIpc) is 2.59. The number of carbonyl (C=O) groups is 2. The van der Waals surface area contributed by atoms with Crippen molar-refractivity contribution in [3.05, 3.63) is 65.5 Å². The molecule has 2 rings (SSSR count). The Labute approximate surface area is 141 Å². The van der Waals surface area contributed by atoms with Crippen molar-refractivity contribution < 1.29 is 14.0 Å². The van der Waals surface area contributed by atoms with Crippen LogP contribution in [0.2, 0.25) is 0 Å². The van der Waals surface area contributed by atoms with Crippen LogP contribution in [0.4, 0.5) is 10.1 Å². The number of para-hydroxylation sites is 1. The topological polar surface area (TPSA) is 49.4 Å². The van der Waals surface area contributed by atoms with Gasteiger partial charge in [0, 0.05) is 31.3 Å². The van der Waals surface area contributed by atoms with E-state index in [-0.39, 0.29) is 17.6 Å². The highest BCUT2D eigenvalue weighted by atomic mass is 19.1. The number of carbonyl (C=O) groups excluding carboxylic acids is 2. The number of hydrogen-bond donors (Lipinski definition) is 1. The molecule has 2 amide bonds. The number of hydrogen-bond acceptors (Lipinski definition) is 2. The van der Waals surface area contributed by atoms with Crippen molar-refractivity contribution in [1.29, 1.82) is 0 Å². The zero-order valence-corrected chi connectivity index (χ0v) is 13.9. The molecule has 4 nitrogen and oxygen atoms in total. The molecule has 2 aromatic carbocycles. The summed E-state index contributed by atoms with van der Waals surface area (Å²) in [4.78, 5) is 25.7. The van der Waals surface area contributed by atoms with Gasteiger partial charge < -0.3 is 10.2 Å². The first-order valence-electron chi connectivity index (χ1n) is 7.92. The predicted octanol–water partition coefficient (Wildman–Crippen LogP) is 3.17. The number of halogens is 1. The van der Waals surface area contributed by atoms with E-state index in [4.69, 9.17) is 0 Å². The van der Waals surface area contributed by atoms with Gasteiger partial charge in [0.05, 0.1) is 0 Å². The lowest BCUT2D eigenvalue weighted by Gasteiger charge is -2.24. The van der Waals surface area contributed by atoms with E-state index in [2.05, 4.69) is 5.32 Å². The maximum absolute atomic E-state index is 12.9. The Bertz CT molecular complexity index is 714. The minimum atomic E-state index is -0.384. The van der Waals surface area contributed by atoms with Crippen LogP contribution in [0.1, 0.15) is 29.8 Å². The van der Waals surface area contributed by atoms with Crippen molar-refractivity contribution in [2.24, 2.45) is 0 Å². The molecule has 24 heavy (non-hydrogen) atoms. The average molecular weight is 328 g/mol. The molecular formula is C19H21FN2O2. The van der Waals surface area contributed by atoms with Gasteiger partial charge in [-0.1, -0.05) is 25.1 Å². The summed E-state index contributed by atoms with van der Waals surface area (Å²) < 4.78 is 12.9. The lowest BCUT2D eigenvalue weighted by molar-refractivity contribution is -0.116. The quantitative estimate of drug-likeness (QED) is 0.885. The van der Waals surface area contributed by atoms with Crippen LogP contribution in [0.3, 0.4) is 0 Å². The van der Waals surface area contributed by atoms with Crippen LogP contribution in [0.25, 0.3) is 0 Å². The molecule has 0 heterocycles. The zero-order chi connectivity index (χ0) is 17.5. The molecular weight excluding hydrogens is 307 g/mol. The van der Waals surface area contributed by atoms with Crippen molar-refractivity contribution in [2.75, 3.05) is 18.0 Å². The molecule has 0 atom stereocenters. The van der Waals surface area contributed by atoms with Crippen molar-refractivity contribution in [1.82, 2.24) is 5.32 Å². The molecule has 0 unspecified atom stereocenters. The highest BCUT2D eigenvalue weighted by molar-refractivity contribution is 5.95. The largest absolute Gasteiger partial charge is 0.350 e. The van der Waals surface area contributed by atoms with Crippen molar-refractivity contribution >= 4 is 17.5 Å². The molecule has 5 heteroatoms. The zero-order valence-electron chi connectivity index (χ0n) is 13.9. The van der Waals surface area contributed by atoms with E-state index in [0.717, 1.165) is 17.7 Å². The van der Waals surface area contributed by atoms with Gasteiger partial charge in [-0.15, -0.1) is 0 Å². The van der Waals surface area contributed by atoms with Crippen LogP contribution >= 0.6 is 0 Å². The number of benzene rings is 2. The molecule has 0 saturated carbocycles. The van der Waals surface area contributed by atoms with Crippen LogP contribution in [-0.2, 0) is 11.2 Å². The molecule has 2 aromatic rings. The first-order valence-corrected chi connectivity index (χ1v) is 7.92. The molecule has 0 radical (unpaired) electrons. The molecule has 0 aliphatic carbocycles. The van der Waals surface area contributed by atoms with Crippen LogP contribution in [0.5, 0.6) is 0 Å². The highest BCUT2D eigenvalue weighted by Crippen LogP contribution is 2.20. The van der Waals surface area contributed by atoms with Crippen LogP contribution in [0.15, 0.2) is 48.5 Å². The third-order valence-electron chi connectivity index (χ3n) is 3.77. The summed E-state index contributed by atoms with van der Waals surface area (Å²) in [6.45, 7) is 4.23. The van der Waals surface area contributed by atoms with Gasteiger partial charge in [0.2, 0.25) is 5.91 Å². The Balaban J connectivity index is 2.01. The third-order valence-corrected chi connectivity index (χ3v) is 3.77. The van der Waals surface area contributed by atoms with Gasteiger partial charge in [-0.3, -0.25) is 9.59 Å². The number of nitrogens with one attached hydrogen (secondary N) is 1. The van der Waals surface area contributed by atoms with Gasteiger partial charge >= 0.3 is 0 Å². The van der Waals surface area contributed by atoms with Gasteiger partial charge in [-0.2, -0.15) is 0 Å². The second-order valence-electron chi connectivity index (χ2n) is 5.42. The Morgan fingerprint density at radius 3 is 2.38 bits per heavy atom. The number of nitrogens with zero attached hydrogens (tertiary/aromatic N) is 1. The van der Waals surface area contributed by atoms with Crippen LogP contribution in [-0.4, -0.2) is 24.9 Å². The second kappa shape index (κ2) is 8.24. The Morgan fingerprint density at radius 1 is 1.08 bits per heavy atom. The Hall–Kier alpha value is -2.69. The van der Waals surface area contributed by atoms with E-state index in [1.807, 2.05) is 31.2 Å². The van der Waals surface area contributed by atoms with Gasteiger partial charge in [-0.05, 0) is 42.3 Å². The first-order chi connectivity index (χ1) is 11.5. The normalized spacial score (nSPS) is 10.3. The van der Waals surface area contributed by atoms with E-state index >= 15 is 0 Å². The molecule has 0 spiro atoms. The molecule has 0 aromatic heterocycles. The summed E-state index contributed by atoms with van der Waals surface area (Å²) in [6.07, 6.45) is 0.821. The van der Waals surface area contributed by atoms with Gasteiger partial charge in [0.1, 0.15) is 5.82 Å². The van der Waals surface area contributed by atoms with E-state index in [1.165, 1.54) is 31.2 Å². The molecule has 0 fully saturated rings. The summed E-state index contributed by atoms with van der Waals surface area (Å²) in [7, 11) is 0. The maximum atomic E-state index is 12.9. The highest BCUT2D eigenvalue weighted by Gasteiger charge is 2.14. The fourth-order valence-electron chi connectivity index (χ4n) is 2.51. The molecule has 0 aliphatic rings.